The molecular weight excluding hydrogens is 1080 g/mol. The molecule has 1 aliphatic carbocycles. The molecule has 356 valence electrons. The van der Waals surface area contributed by atoms with Crippen molar-refractivity contribution in [2.75, 3.05) is 11.4 Å². The molecule has 12 rings (SSSR count). The molecule has 0 amide bonds. The third kappa shape index (κ3) is 10.4. The van der Waals surface area contributed by atoms with E-state index in [-0.39, 0.29) is 11.4 Å². The molecule has 1 atom stereocenters. The third-order valence-electron chi connectivity index (χ3n) is 12.4. The first-order valence-electron chi connectivity index (χ1n) is 22.6. The first-order valence-corrected chi connectivity index (χ1v) is 24.4. The van der Waals surface area contributed by atoms with E-state index in [0.29, 0.717) is 28.8 Å². The number of nitrogens with zero attached hydrogens (tertiary/aromatic N) is 7. The van der Waals surface area contributed by atoms with Gasteiger partial charge in [-0.15, -0.1) is 0 Å². The van der Waals surface area contributed by atoms with Gasteiger partial charge >= 0.3 is 7.12 Å². The van der Waals surface area contributed by atoms with Crippen molar-refractivity contribution in [3.63, 3.8) is 0 Å². The Bertz CT molecular complexity index is 3660. The first-order chi connectivity index (χ1) is 34.9. The zero-order valence-electron chi connectivity index (χ0n) is 37.7. The fraction of sp³-hybridized carbons (Fsp3) is 0.0909. The molecule has 4 aromatic heterocycles. The second-order valence-corrected chi connectivity index (χ2v) is 19.1. The molecule has 0 saturated carbocycles. The molecule has 0 radical (unpaired) electrons. The Labute approximate surface area is 434 Å². The number of aryl methyl sites for hydroxylation is 1. The maximum atomic E-state index is 14.6. The van der Waals surface area contributed by atoms with E-state index in [9.17, 15) is 17.6 Å². The highest BCUT2D eigenvalue weighted by molar-refractivity contribution is 14.1. The monoisotopic (exact) mass is 1110 g/mol. The number of aromatic nitrogens is 6. The topological polar surface area (TPSA) is 121 Å². The van der Waals surface area contributed by atoms with E-state index in [2.05, 4.69) is 67.8 Å². The molecule has 2 N–H and O–H groups in total. The van der Waals surface area contributed by atoms with Gasteiger partial charge in [-0.3, -0.25) is 9.97 Å². The van der Waals surface area contributed by atoms with Crippen LogP contribution in [0.1, 0.15) is 34.7 Å². The van der Waals surface area contributed by atoms with E-state index in [4.69, 9.17) is 53.2 Å². The van der Waals surface area contributed by atoms with Gasteiger partial charge in [-0.05, 0) is 167 Å². The summed E-state index contributed by atoms with van der Waals surface area (Å²) in [5.41, 5.74) is 9.80. The fourth-order valence-electron chi connectivity index (χ4n) is 9.02. The second kappa shape index (κ2) is 21.1. The van der Waals surface area contributed by atoms with Crippen LogP contribution in [-0.2, 0) is 12.8 Å². The van der Waals surface area contributed by atoms with Gasteiger partial charge in [0, 0.05) is 102 Å². The molecule has 9 nitrogen and oxygen atoms in total. The molecule has 6 aromatic carbocycles. The van der Waals surface area contributed by atoms with Gasteiger partial charge in [-0.2, -0.15) is 0 Å². The van der Waals surface area contributed by atoms with Crippen LogP contribution in [0.4, 0.5) is 29.1 Å². The number of halogens is 7. The Hall–Kier alpha value is -6.89. The molecular formula is C55H37BCl2F4IN7O2. The van der Waals surface area contributed by atoms with Crippen molar-refractivity contribution in [3.05, 3.63) is 218 Å². The zero-order valence-corrected chi connectivity index (χ0v) is 41.3. The highest BCUT2D eigenvalue weighted by Gasteiger charge is 2.29. The van der Waals surface area contributed by atoms with E-state index < -0.39 is 30.4 Å². The van der Waals surface area contributed by atoms with E-state index in [1.54, 1.807) is 24.8 Å². The summed E-state index contributed by atoms with van der Waals surface area (Å²) in [7, 11) is -1.89. The maximum absolute atomic E-state index is 14.6. The summed E-state index contributed by atoms with van der Waals surface area (Å²) in [6, 6.07) is 37.8. The Kier molecular flexibility index (Phi) is 14.3. The summed E-state index contributed by atoms with van der Waals surface area (Å²) in [6.45, 7) is 0.875. The minimum atomic E-state index is -1.89. The SMILES string of the molecule is Clc1ccc2c(c1)CCN2c1nc(-c2cccnc2)nc2ccc(I)cc12.Fc1ccc(-c2ccc3nc(-c4cccnc4)nc(C4CCc5cc(Cl)ccc54)c3c2)c(F)c1.OB(O)c1ccc(F)cc1F. The van der Waals surface area contributed by atoms with Gasteiger partial charge in [0.15, 0.2) is 11.6 Å². The van der Waals surface area contributed by atoms with Crippen LogP contribution in [0.2, 0.25) is 10.0 Å². The number of hydrogen-bond acceptors (Lipinski definition) is 9. The zero-order chi connectivity index (χ0) is 50.0. The van der Waals surface area contributed by atoms with Crippen LogP contribution >= 0.6 is 45.8 Å². The highest BCUT2D eigenvalue weighted by atomic mass is 127. The molecule has 5 heterocycles. The molecule has 10 aromatic rings. The van der Waals surface area contributed by atoms with Crippen LogP contribution in [0.3, 0.4) is 0 Å². The predicted octanol–water partition coefficient (Wildman–Crippen LogP) is 12.7. The van der Waals surface area contributed by atoms with Gasteiger partial charge in [-0.1, -0.05) is 41.4 Å². The largest absolute Gasteiger partial charge is 0.491 e. The van der Waals surface area contributed by atoms with Gasteiger partial charge in [0.2, 0.25) is 0 Å². The normalized spacial score (nSPS) is 13.5. The quantitative estimate of drug-likeness (QED) is 0.0952. The van der Waals surface area contributed by atoms with Crippen molar-refractivity contribution in [1.29, 1.82) is 0 Å². The summed E-state index contributed by atoms with van der Waals surface area (Å²) >= 11 is 14.8. The van der Waals surface area contributed by atoms with Gasteiger partial charge in [0.25, 0.3) is 0 Å². The third-order valence-corrected chi connectivity index (χ3v) is 13.5. The van der Waals surface area contributed by atoms with Crippen LogP contribution in [-0.4, -0.2) is 53.6 Å². The minimum Gasteiger partial charge on any atom is -0.423 e. The molecule has 1 unspecified atom stereocenters. The number of hydrogen-bond donors (Lipinski definition) is 2. The van der Waals surface area contributed by atoms with E-state index >= 15 is 0 Å². The van der Waals surface area contributed by atoms with Gasteiger partial charge in [-0.25, -0.2) is 37.5 Å². The summed E-state index contributed by atoms with van der Waals surface area (Å²) in [5, 5.41) is 20.4. The standard InChI is InChI=1S/C28H18ClF2N3.C21H14ClIN4.C6H5BF2O2/c29-19-5-8-21-16(12-19)3-7-23(21)27-24-13-17(22-9-6-20(30)14-25(22)31)4-10-26(24)33-28(34-27)18-2-1-11-32-15-18;22-15-3-6-19-13(10-15)7-9-27(19)21-17-11-16(23)4-5-18(17)25-20(26-21)14-2-1-8-24-12-14;8-4-1-2-5(7(10)11)6(9)3-4/h1-2,4-6,8-15,23H,3,7H2;1-6,8,10-12H,7,9H2;1-3,10-11H. The van der Waals surface area contributed by atoms with Gasteiger partial charge in [0.05, 0.1) is 16.7 Å². The first kappa shape index (κ1) is 48.7. The molecule has 0 bridgehead atoms. The van der Waals surface area contributed by atoms with Gasteiger partial charge < -0.3 is 14.9 Å². The van der Waals surface area contributed by atoms with E-state index in [1.165, 1.54) is 28.8 Å². The van der Waals surface area contributed by atoms with Crippen molar-refractivity contribution in [3.8, 4) is 33.9 Å². The van der Waals surface area contributed by atoms with Crippen molar-refractivity contribution >= 4 is 91.7 Å². The predicted molar refractivity (Wildman–Crippen MR) is 284 cm³/mol. The van der Waals surface area contributed by atoms with Crippen molar-refractivity contribution < 1.29 is 27.6 Å². The lowest BCUT2D eigenvalue weighted by Gasteiger charge is -2.21. The van der Waals surface area contributed by atoms with Crippen LogP contribution in [0.5, 0.6) is 0 Å². The Morgan fingerprint density at radius 1 is 0.597 bits per heavy atom. The van der Waals surface area contributed by atoms with Crippen LogP contribution in [0.25, 0.3) is 55.7 Å². The Morgan fingerprint density at radius 2 is 1.25 bits per heavy atom. The van der Waals surface area contributed by atoms with Crippen molar-refractivity contribution in [2.24, 2.45) is 0 Å². The average Bonchev–Trinajstić information content (AvgIpc) is 4.00. The molecule has 2 aliphatic rings. The van der Waals surface area contributed by atoms with E-state index in [1.807, 2.05) is 66.7 Å². The lowest BCUT2D eigenvalue weighted by molar-refractivity contribution is 0.422. The number of benzene rings is 6. The highest BCUT2D eigenvalue weighted by Crippen LogP contribution is 2.43. The number of pyridine rings is 2. The molecule has 72 heavy (non-hydrogen) atoms. The van der Waals surface area contributed by atoms with Crippen LogP contribution in [0.15, 0.2) is 158 Å². The molecule has 0 fully saturated rings. The summed E-state index contributed by atoms with van der Waals surface area (Å²) in [5.74, 6) is -0.636. The smallest absolute Gasteiger partial charge is 0.423 e. The Balaban J connectivity index is 0.000000140. The molecule has 1 aliphatic heterocycles. The van der Waals surface area contributed by atoms with Crippen LogP contribution in [0, 0.1) is 26.8 Å². The minimum absolute atomic E-state index is 0.0569. The lowest BCUT2D eigenvalue weighted by Crippen LogP contribution is -2.32. The fourth-order valence-corrected chi connectivity index (χ4v) is 9.90. The van der Waals surface area contributed by atoms with Crippen LogP contribution < -0.4 is 10.4 Å². The second-order valence-electron chi connectivity index (χ2n) is 17.0. The molecule has 0 saturated heterocycles. The van der Waals surface area contributed by atoms with E-state index in [0.717, 1.165) is 108 Å². The molecule has 17 heteroatoms. The van der Waals surface area contributed by atoms with Crippen molar-refractivity contribution in [2.45, 2.75) is 25.2 Å². The summed E-state index contributed by atoms with van der Waals surface area (Å²) in [6.07, 6.45) is 9.77. The summed E-state index contributed by atoms with van der Waals surface area (Å²) < 4.78 is 54.0. The molecule has 0 spiro atoms. The average molecular weight is 1110 g/mol. The number of anilines is 2. The maximum Gasteiger partial charge on any atom is 0.491 e. The lowest BCUT2D eigenvalue weighted by atomic mass is 9.80. The number of rotatable bonds is 6. The Morgan fingerprint density at radius 3 is 1.93 bits per heavy atom. The van der Waals surface area contributed by atoms with Crippen molar-refractivity contribution in [1.82, 2.24) is 29.9 Å². The number of fused-ring (bicyclic) bond motifs is 4. The van der Waals surface area contributed by atoms with Gasteiger partial charge in [0.1, 0.15) is 29.1 Å². The summed E-state index contributed by atoms with van der Waals surface area (Å²) in [4.78, 5) is 30.2.